The molecule has 7 nitrogen and oxygen atoms in total. The molecule has 0 fully saturated rings. The number of rotatable bonds is 9. The van der Waals surface area contributed by atoms with Gasteiger partial charge in [0.15, 0.2) is 5.13 Å². The smallest absolute Gasteiger partial charge is 0.353 e. The van der Waals surface area contributed by atoms with E-state index in [2.05, 4.69) is 15.4 Å². The van der Waals surface area contributed by atoms with Gasteiger partial charge in [-0.25, -0.2) is 9.97 Å². The highest BCUT2D eigenvalue weighted by atomic mass is 32.2. The highest BCUT2D eigenvalue weighted by Crippen LogP contribution is 2.32. The van der Waals surface area contributed by atoms with Gasteiger partial charge in [-0.05, 0) is 24.1 Å². The van der Waals surface area contributed by atoms with Crippen molar-refractivity contribution in [2.24, 2.45) is 0 Å². The van der Waals surface area contributed by atoms with Crippen LogP contribution in [0.2, 0.25) is 0 Å². The lowest BCUT2D eigenvalue weighted by atomic mass is 10.0. The van der Waals surface area contributed by atoms with Crippen LogP contribution in [0.1, 0.15) is 17.3 Å². The van der Waals surface area contributed by atoms with Gasteiger partial charge in [0, 0.05) is 21.9 Å². The van der Waals surface area contributed by atoms with E-state index in [-0.39, 0.29) is 6.04 Å². The fraction of sp³-hybridized carbons (Fsp3) is 0.0769. The van der Waals surface area contributed by atoms with E-state index in [1.165, 1.54) is 11.3 Å². The standard InChI is InChI=1S/C26H22N4O3S3/c31-36(32,33)30-21-13-11-18(12-14-21)15-22(24-17-34-25(27-24)20-9-5-2-6-10-20)28-26-29-23(16-35-26)19-7-3-1-4-8-19/h1-14,16-17,22,30H,15H2,(H,28,29)(H,31,32,33)/t22-/m0/s1. The van der Waals surface area contributed by atoms with Crippen LogP contribution in [0.5, 0.6) is 0 Å². The third-order valence-corrected chi connectivity index (χ3v) is 7.59. The zero-order chi connectivity index (χ0) is 25.0. The summed E-state index contributed by atoms with van der Waals surface area (Å²) in [4.78, 5) is 9.70. The van der Waals surface area contributed by atoms with E-state index in [0.717, 1.165) is 38.2 Å². The normalized spacial score (nSPS) is 12.2. The maximum Gasteiger partial charge on any atom is 0.357 e. The van der Waals surface area contributed by atoms with Crippen molar-refractivity contribution in [3.8, 4) is 21.8 Å². The number of aromatic nitrogens is 2. The molecule has 36 heavy (non-hydrogen) atoms. The van der Waals surface area contributed by atoms with Crippen molar-refractivity contribution in [1.29, 1.82) is 0 Å². The molecule has 0 bridgehead atoms. The molecule has 0 spiro atoms. The Kier molecular flexibility index (Phi) is 7.10. The maximum absolute atomic E-state index is 11.1. The monoisotopic (exact) mass is 534 g/mol. The second kappa shape index (κ2) is 10.6. The first kappa shape index (κ1) is 24.1. The Hall–Kier alpha value is -3.57. The van der Waals surface area contributed by atoms with Crippen LogP contribution >= 0.6 is 22.7 Å². The number of nitrogens with one attached hydrogen (secondary N) is 2. The van der Waals surface area contributed by atoms with E-state index in [4.69, 9.17) is 14.5 Å². The predicted octanol–water partition coefficient (Wildman–Crippen LogP) is 6.54. The zero-order valence-electron chi connectivity index (χ0n) is 18.9. The minimum Gasteiger partial charge on any atom is -0.353 e. The SMILES string of the molecule is O=S(=O)(O)Nc1ccc(C[C@H](Nc2nc(-c3ccccc3)cs2)c2csc(-c3ccccc3)n2)cc1. The first-order valence-electron chi connectivity index (χ1n) is 11.1. The lowest BCUT2D eigenvalue weighted by Crippen LogP contribution is -2.14. The molecule has 10 heteroatoms. The summed E-state index contributed by atoms with van der Waals surface area (Å²) in [6.07, 6.45) is 0.602. The molecule has 3 aromatic carbocycles. The highest BCUT2D eigenvalue weighted by Gasteiger charge is 2.19. The quantitative estimate of drug-likeness (QED) is 0.185. The number of nitrogens with zero attached hydrogens (tertiary/aromatic N) is 2. The van der Waals surface area contributed by atoms with Crippen molar-refractivity contribution >= 4 is 43.8 Å². The van der Waals surface area contributed by atoms with Gasteiger partial charge in [-0.3, -0.25) is 9.27 Å². The minimum atomic E-state index is -4.32. The molecule has 5 rings (SSSR count). The van der Waals surface area contributed by atoms with Gasteiger partial charge in [0.1, 0.15) is 5.01 Å². The van der Waals surface area contributed by atoms with Crippen LogP contribution in [0.3, 0.4) is 0 Å². The number of benzene rings is 3. The molecule has 0 radical (unpaired) electrons. The number of anilines is 2. The number of hydrogen-bond donors (Lipinski definition) is 3. The molecule has 2 heterocycles. The van der Waals surface area contributed by atoms with Gasteiger partial charge in [0.2, 0.25) is 0 Å². The summed E-state index contributed by atoms with van der Waals surface area (Å²) >= 11 is 3.13. The summed E-state index contributed by atoms with van der Waals surface area (Å²) in [5, 5.41) is 9.36. The number of thiazole rings is 2. The Bertz CT molecular complexity index is 1530. The van der Waals surface area contributed by atoms with E-state index in [1.807, 2.05) is 78.2 Å². The van der Waals surface area contributed by atoms with Crippen LogP contribution in [0.25, 0.3) is 21.8 Å². The largest absolute Gasteiger partial charge is 0.357 e. The molecular formula is C26H22N4O3S3. The van der Waals surface area contributed by atoms with Gasteiger partial charge in [-0.2, -0.15) is 8.42 Å². The molecule has 0 saturated heterocycles. The van der Waals surface area contributed by atoms with Gasteiger partial charge >= 0.3 is 10.3 Å². The van der Waals surface area contributed by atoms with Crippen LogP contribution in [-0.4, -0.2) is 22.9 Å². The molecule has 0 saturated carbocycles. The van der Waals surface area contributed by atoms with Gasteiger partial charge in [-0.15, -0.1) is 22.7 Å². The molecule has 0 unspecified atom stereocenters. The average Bonchev–Trinajstić information content (AvgIpc) is 3.55. The zero-order valence-corrected chi connectivity index (χ0v) is 21.4. The summed E-state index contributed by atoms with van der Waals surface area (Å²) in [7, 11) is -4.32. The lowest BCUT2D eigenvalue weighted by Gasteiger charge is -2.17. The molecule has 5 aromatic rings. The van der Waals surface area contributed by atoms with Crippen molar-refractivity contribution in [3.63, 3.8) is 0 Å². The van der Waals surface area contributed by atoms with Crippen molar-refractivity contribution < 1.29 is 13.0 Å². The van der Waals surface area contributed by atoms with E-state index < -0.39 is 10.3 Å². The van der Waals surface area contributed by atoms with Crippen LogP contribution in [-0.2, 0) is 16.7 Å². The lowest BCUT2D eigenvalue weighted by molar-refractivity contribution is 0.489. The molecule has 182 valence electrons. The molecule has 2 aromatic heterocycles. The topological polar surface area (TPSA) is 104 Å². The molecule has 0 amide bonds. The Morgan fingerprint density at radius 3 is 2.14 bits per heavy atom. The van der Waals surface area contributed by atoms with Crippen LogP contribution in [0.15, 0.2) is 95.7 Å². The molecule has 0 aliphatic rings. The maximum atomic E-state index is 11.1. The molecule has 3 N–H and O–H groups in total. The van der Waals surface area contributed by atoms with Crippen molar-refractivity contribution in [2.75, 3.05) is 10.0 Å². The Labute approximate surface area is 217 Å². The van der Waals surface area contributed by atoms with E-state index in [1.54, 1.807) is 23.5 Å². The van der Waals surface area contributed by atoms with Crippen molar-refractivity contribution in [3.05, 3.63) is 107 Å². The second-order valence-electron chi connectivity index (χ2n) is 8.02. The van der Waals surface area contributed by atoms with Gasteiger partial charge in [-0.1, -0.05) is 72.8 Å². The second-order valence-corrected chi connectivity index (χ2v) is 10.9. The molecular weight excluding hydrogens is 513 g/mol. The third-order valence-electron chi connectivity index (χ3n) is 5.41. The van der Waals surface area contributed by atoms with Crippen LogP contribution in [0, 0.1) is 0 Å². The number of hydrogen-bond acceptors (Lipinski definition) is 7. The predicted molar refractivity (Wildman–Crippen MR) is 147 cm³/mol. The van der Waals surface area contributed by atoms with Crippen molar-refractivity contribution in [2.45, 2.75) is 12.5 Å². The minimum absolute atomic E-state index is 0.158. The highest BCUT2D eigenvalue weighted by molar-refractivity contribution is 7.87. The molecule has 1 atom stereocenters. The summed E-state index contributed by atoms with van der Waals surface area (Å²) in [5.74, 6) is 0. The third kappa shape index (κ3) is 6.16. The molecule has 0 aliphatic heterocycles. The Morgan fingerprint density at radius 2 is 1.47 bits per heavy atom. The van der Waals surface area contributed by atoms with E-state index in [0.29, 0.717) is 12.1 Å². The fourth-order valence-electron chi connectivity index (χ4n) is 3.71. The van der Waals surface area contributed by atoms with E-state index in [9.17, 15) is 8.42 Å². The summed E-state index contributed by atoms with van der Waals surface area (Å²) in [6.45, 7) is 0. The fourth-order valence-corrected chi connectivity index (χ4v) is 5.80. The summed E-state index contributed by atoms with van der Waals surface area (Å²) < 4.78 is 33.3. The van der Waals surface area contributed by atoms with Crippen molar-refractivity contribution in [1.82, 2.24) is 9.97 Å². The first-order valence-corrected chi connectivity index (χ1v) is 14.3. The van der Waals surface area contributed by atoms with Gasteiger partial charge < -0.3 is 5.32 Å². The van der Waals surface area contributed by atoms with E-state index >= 15 is 0 Å². The average molecular weight is 535 g/mol. The Balaban J connectivity index is 1.41. The van der Waals surface area contributed by atoms with Gasteiger partial charge in [0.05, 0.1) is 23.1 Å². The summed E-state index contributed by atoms with van der Waals surface area (Å²) in [5.41, 5.74) is 5.19. The van der Waals surface area contributed by atoms with Gasteiger partial charge in [0.25, 0.3) is 0 Å². The van der Waals surface area contributed by atoms with Crippen LogP contribution in [0.4, 0.5) is 10.8 Å². The Morgan fingerprint density at radius 1 is 0.806 bits per heavy atom. The molecule has 0 aliphatic carbocycles. The first-order chi connectivity index (χ1) is 17.4. The summed E-state index contributed by atoms with van der Waals surface area (Å²) in [6, 6.07) is 26.8. The van der Waals surface area contributed by atoms with Crippen LogP contribution < -0.4 is 10.0 Å².